The molecule has 2 rings (SSSR count). The molecule has 4 nitrogen and oxygen atoms in total. The Hall–Kier alpha value is -1.06. The molecule has 0 bridgehead atoms. The standard InChI is InChI=1S/C16H27NO3/c1-2-5-14-6-3-4-11-17(14)15(18)12-7-9-13(10-8-12)16(19)20/h12-14H,2-11H2,1H3,(H,19,20). The highest BCUT2D eigenvalue weighted by Crippen LogP contribution is 2.32. The molecule has 2 fully saturated rings. The van der Waals surface area contributed by atoms with Gasteiger partial charge in [-0.1, -0.05) is 13.3 Å². The second-order valence-electron chi connectivity index (χ2n) is 6.36. The van der Waals surface area contributed by atoms with Crippen molar-refractivity contribution >= 4 is 11.9 Å². The van der Waals surface area contributed by atoms with Crippen molar-refractivity contribution in [3.05, 3.63) is 0 Å². The average Bonchev–Trinajstić information content (AvgIpc) is 2.47. The van der Waals surface area contributed by atoms with E-state index in [1.165, 1.54) is 6.42 Å². The number of hydrogen-bond donors (Lipinski definition) is 1. The van der Waals surface area contributed by atoms with Gasteiger partial charge in [-0.3, -0.25) is 9.59 Å². The molecule has 1 atom stereocenters. The third kappa shape index (κ3) is 3.53. The minimum Gasteiger partial charge on any atom is -0.481 e. The van der Waals surface area contributed by atoms with Crippen molar-refractivity contribution < 1.29 is 14.7 Å². The van der Waals surface area contributed by atoms with Gasteiger partial charge < -0.3 is 10.0 Å². The zero-order chi connectivity index (χ0) is 14.5. The lowest BCUT2D eigenvalue weighted by Gasteiger charge is -2.39. The number of carboxylic acid groups (broad SMARTS) is 1. The van der Waals surface area contributed by atoms with Crippen molar-refractivity contribution in [2.75, 3.05) is 6.54 Å². The van der Waals surface area contributed by atoms with E-state index < -0.39 is 5.97 Å². The Labute approximate surface area is 121 Å². The van der Waals surface area contributed by atoms with Crippen LogP contribution in [0.3, 0.4) is 0 Å². The van der Waals surface area contributed by atoms with Gasteiger partial charge in [-0.2, -0.15) is 0 Å². The highest BCUT2D eigenvalue weighted by Gasteiger charge is 2.34. The Bertz CT molecular complexity index is 346. The summed E-state index contributed by atoms with van der Waals surface area (Å²) in [7, 11) is 0. The molecular weight excluding hydrogens is 254 g/mol. The van der Waals surface area contributed by atoms with Crippen LogP contribution in [0.15, 0.2) is 0 Å². The summed E-state index contributed by atoms with van der Waals surface area (Å²) in [6, 6.07) is 0.429. The van der Waals surface area contributed by atoms with E-state index in [0.717, 1.165) is 45.1 Å². The summed E-state index contributed by atoms with van der Waals surface area (Å²) in [5.74, 6) is -0.556. The molecule has 1 saturated heterocycles. The van der Waals surface area contributed by atoms with Crippen LogP contribution in [-0.2, 0) is 9.59 Å². The Morgan fingerprint density at radius 2 is 1.70 bits per heavy atom. The van der Waals surface area contributed by atoms with Crippen molar-refractivity contribution in [2.24, 2.45) is 11.8 Å². The van der Waals surface area contributed by atoms with E-state index in [0.29, 0.717) is 24.8 Å². The first-order valence-electron chi connectivity index (χ1n) is 8.16. The normalized spacial score (nSPS) is 31.1. The Morgan fingerprint density at radius 3 is 2.30 bits per heavy atom. The maximum Gasteiger partial charge on any atom is 0.306 e. The molecule has 1 unspecified atom stereocenters. The fourth-order valence-electron chi connectivity index (χ4n) is 3.75. The van der Waals surface area contributed by atoms with Crippen molar-refractivity contribution in [1.82, 2.24) is 4.90 Å². The number of hydrogen-bond acceptors (Lipinski definition) is 2. The fraction of sp³-hybridized carbons (Fsp3) is 0.875. The van der Waals surface area contributed by atoms with Crippen LogP contribution < -0.4 is 0 Å². The van der Waals surface area contributed by atoms with Crippen molar-refractivity contribution in [3.8, 4) is 0 Å². The maximum atomic E-state index is 12.7. The highest BCUT2D eigenvalue weighted by molar-refractivity contribution is 5.80. The van der Waals surface area contributed by atoms with Gasteiger partial charge in [-0.05, 0) is 51.4 Å². The molecule has 1 amide bonds. The third-order valence-electron chi connectivity index (χ3n) is 4.96. The second-order valence-corrected chi connectivity index (χ2v) is 6.36. The van der Waals surface area contributed by atoms with Crippen molar-refractivity contribution in [3.63, 3.8) is 0 Å². The lowest BCUT2D eigenvalue weighted by Crippen LogP contribution is -2.47. The van der Waals surface area contributed by atoms with E-state index >= 15 is 0 Å². The van der Waals surface area contributed by atoms with Crippen LogP contribution in [-0.4, -0.2) is 34.5 Å². The molecule has 2 aliphatic rings. The average molecular weight is 281 g/mol. The van der Waals surface area contributed by atoms with Crippen LogP contribution in [0, 0.1) is 11.8 Å². The molecule has 20 heavy (non-hydrogen) atoms. The lowest BCUT2D eigenvalue weighted by molar-refractivity contribution is -0.147. The van der Waals surface area contributed by atoms with Crippen LogP contribution in [0.5, 0.6) is 0 Å². The lowest BCUT2D eigenvalue weighted by atomic mass is 9.81. The zero-order valence-corrected chi connectivity index (χ0v) is 12.5. The monoisotopic (exact) mass is 281 g/mol. The fourth-order valence-corrected chi connectivity index (χ4v) is 3.75. The molecule has 1 aliphatic heterocycles. The second kappa shape index (κ2) is 7.09. The summed E-state index contributed by atoms with van der Waals surface area (Å²) < 4.78 is 0. The van der Waals surface area contributed by atoms with E-state index in [1.807, 2.05) is 0 Å². The topological polar surface area (TPSA) is 57.6 Å². The summed E-state index contributed by atoms with van der Waals surface area (Å²) in [6.45, 7) is 3.08. The molecule has 1 N–H and O–H groups in total. The number of carbonyl (C=O) groups is 2. The van der Waals surface area contributed by atoms with E-state index in [1.54, 1.807) is 0 Å². The SMILES string of the molecule is CCCC1CCCCN1C(=O)C1CCC(C(=O)O)CC1. The smallest absolute Gasteiger partial charge is 0.306 e. The Balaban J connectivity index is 1.91. The number of rotatable bonds is 4. The first kappa shape index (κ1) is 15.3. The summed E-state index contributed by atoms with van der Waals surface area (Å²) in [5.41, 5.74) is 0. The zero-order valence-electron chi connectivity index (χ0n) is 12.5. The molecule has 4 heteroatoms. The van der Waals surface area contributed by atoms with Gasteiger partial charge in [0.15, 0.2) is 0 Å². The molecule has 0 aromatic rings. The molecule has 0 aromatic heterocycles. The molecule has 0 aromatic carbocycles. The van der Waals surface area contributed by atoms with Gasteiger partial charge in [0.1, 0.15) is 0 Å². The minimum absolute atomic E-state index is 0.0723. The molecule has 1 aliphatic carbocycles. The van der Waals surface area contributed by atoms with Crippen LogP contribution in [0.2, 0.25) is 0 Å². The van der Waals surface area contributed by atoms with Gasteiger partial charge in [-0.25, -0.2) is 0 Å². The van der Waals surface area contributed by atoms with Gasteiger partial charge >= 0.3 is 5.97 Å². The number of likely N-dealkylation sites (tertiary alicyclic amines) is 1. The number of amides is 1. The van der Waals surface area contributed by atoms with Crippen molar-refractivity contribution in [2.45, 2.75) is 70.8 Å². The number of nitrogens with zero attached hydrogens (tertiary/aromatic N) is 1. The summed E-state index contributed by atoms with van der Waals surface area (Å²) in [5, 5.41) is 9.03. The van der Waals surface area contributed by atoms with Gasteiger partial charge in [0, 0.05) is 18.5 Å². The largest absolute Gasteiger partial charge is 0.481 e. The highest BCUT2D eigenvalue weighted by atomic mass is 16.4. The first-order chi connectivity index (χ1) is 9.63. The number of carbonyl (C=O) groups excluding carboxylic acids is 1. The Kier molecular flexibility index (Phi) is 5.44. The predicted octanol–water partition coefficient (Wildman–Crippen LogP) is 3.06. The van der Waals surface area contributed by atoms with Crippen LogP contribution in [0.4, 0.5) is 0 Å². The van der Waals surface area contributed by atoms with E-state index in [4.69, 9.17) is 5.11 Å². The van der Waals surface area contributed by atoms with E-state index in [-0.39, 0.29) is 11.8 Å². The minimum atomic E-state index is -0.697. The molecule has 0 radical (unpaired) electrons. The van der Waals surface area contributed by atoms with Gasteiger partial charge in [0.05, 0.1) is 5.92 Å². The predicted molar refractivity (Wildman–Crippen MR) is 77.3 cm³/mol. The van der Waals surface area contributed by atoms with Crippen LogP contribution >= 0.6 is 0 Å². The first-order valence-corrected chi connectivity index (χ1v) is 8.16. The van der Waals surface area contributed by atoms with Crippen LogP contribution in [0.25, 0.3) is 0 Å². The number of carboxylic acids is 1. The van der Waals surface area contributed by atoms with Crippen molar-refractivity contribution in [1.29, 1.82) is 0 Å². The maximum absolute atomic E-state index is 12.7. The van der Waals surface area contributed by atoms with Crippen LogP contribution in [0.1, 0.15) is 64.7 Å². The number of aliphatic carboxylic acids is 1. The Morgan fingerprint density at radius 1 is 1.05 bits per heavy atom. The summed E-state index contributed by atoms with van der Waals surface area (Å²) >= 11 is 0. The molecule has 1 saturated carbocycles. The molecule has 1 heterocycles. The summed E-state index contributed by atoms with van der Waals surface area (Å²) in [6.07, 6.45) is 8.57. The molecular formula is C16H27NO3. The van der Waals surface area contributed by atoms with E-state index in [2.05, 4.69) is 11.8 Å². The number of piperidine rings is 1. The summed E-state index contributed by atoms with van der Waals surface area (Å²) in [4.78, 5) is 25.8. The van der Waals surface area contributed by atoms with Gasteiger partial charge in [0.25, 0.3) is 0 Å². The molecule has 0 spiro atoms. The van der Waals surface area contributed by atoms with Gasteiger partial charge in [-0.15, -0.1) is 0 Å². The van der Waals surface area contributed by atoms with Gasteiger partial charge in [0.2, 0.25) is 5.91 Å². The quantitative estimate of drug-likeness (QED) is 0.861. The third-order valence-corrected chi connectivity index (χ3v) is 4.96. The molecule has 114 valence electrons. The van der Waals surface area contributed by atoms with E-state index in [9.17, 15) is 9.59 Å².